The highest BCUT2D eigenvalue weighted by Gasteiger charge is 2.32. The van der Waals surface area contributed by atoms with E-state index in [1.807, 2.05) is 0 Å². The maximum atomic E-state index is 12.7. The van der Waals surface area contributed by atoms with E-state index in [0.717, 1.165) is 0 Å². The van der Waals surface area contributed by atoms with Crippen LogP contribution in [-0.4, -0.2) is 37.6 Å². The Hall–Kier alpha value is -2.42. The number of nitrogens with zero attached hydrogens (tertiary/aromatic N) is 1. The van der Waals surface area contributed by atoms with E-state index in [1.165, 1.54) is 28.6 Å². The molecule has 1 saturated heterocycles. The van der Waals surface area contributed by atoms with E-state index in [-0.39, 0.29) is 35.4 Å². The number of primary amides is 1. The van der Waals surface area contributed by atoms with Crippen molar-refractivity contribution < 1.29 is 18.0 Å². The van der Waals surface area contributed by atoms with Gasteiger partial charge in [0.2, 0.25) is 15.9 Å². The average Bonchev–Trinajstić information content (AvgIpc) is 2.68. The fraction of sp³-hybridized carbons (Fsp3) is 0.263. The first kappa shape index (κ1) is 20.3. The minimum absolute atomic E-state index is 0.176. The number of sulfonamides is 1. The number of carbonyl (C=O) groups is 2. The van der Waals surface area contributed by atoms with Crippen molar-refractivity contribution in [2.75, 3.05) is 18.4 Å². The molecule has 1 fully saturated rings. The van der Waals surface area contributed by atoms with Gasteiger partial charge in [-0.2, -0.15) is 4.31 Å². The molecule has 3 rings (SSSR count). The van der Waals surface area contributed by atoms with Gasteiger partial charge in [-0.25, -0.2) is 8.42 Å². The fourth-order valence-corrected chi connectivity index (χ4v) is 4.75. The van der Waals surface area contributed by atoms with E-state index in [0.29, 0.717) is 23.6 Å². The molecule has 0 bridgehead atoms. The van der Waals surface area contributed by atoms with E-state index in [4.69, 9.17) is 17.3 Å². The number of hydrogen-bond donors (Lipinski definition) is 2. The Kier molecular flexibility index (Phi) is 6.02. The normalized spacial score (nSPS) is 15.9. The molecule has 1 aliphatic heterocycles. The number of piperidine rings is 1. The van der Waals surface area contributed by atoms with Crippen molar-refractivity contribution in [3.8, 4) is 0 Å². The molecule has 28 heavy (non-hydrogen) atoms. The number of nitrogens with one attached hydrogen (secondary N) is 1. The molecular weight excluding hydrogens is 402 g/mol. The van der Waals surface area contributed by atoms with Crippen LogP contribution in [0.1, 0.15) is 23.2 Å². The van der Waals surface area contributed by atoms with Gasteiger partial charge in [-0.15, -0.1) is 0 Å². The van der Waals surface area contributed by atoms with Gasteiger partial charge in [0.25, 0.3) is 5.91 Å². The van der Waals surface area contributed by atoms with Gasteiger partial charge >= 0.3 is 0 Å². The lowest BCUT2D eigenvalue weighted by molar-refractivity contribution is -0.120. The Morgan fingerprint density at radius 3 is 2.25 bits per heavy atom. The zero-order valence-corrected chi connectivity index (χ0v) is 16.5. The zero-order valence-electron chi connectivity index (χ0n) is 15.0. The second-order valence-corrected chi connectivity index (χ2v) is 8.91. The third kappa shape index (κ3) is 4.35. The maximum absolute atomic E-state index is 12.7. The zero-order chi connectivity index (χ0) is 20.3. The first-order valence-corrected chi connectivity index (χ1v) is 10.6. The van der Waals surface area contributed by atoms with Crippen LogP contribution in [0.5, 0.6) is 0 Å². The van der Waals surface area contributed by atoms with Crippen LogP contribution in [0.25, 0.3) is 0 Å². The maximum Gasteiger partial charge on any atom is 0.250 e. The van der Waals surface area contributed by atoms with Crippen LogP contribution in [0.4, 0.5) is 5.69 Å². The summed E-state index contributed by atoms with van der Waals surface area (Å²) in [5.41, 5.74) is 5.92. The minimum Gasteiger partial charge on any atom is -0.366 e. The van der Waals surface area contributed by atoms with Gasteiger partial charge in [0.15, 0.2) is 0 Å². The van der Waals surface area contributed by atoms with Crippen molar-refractivity contribution >= 4 is 39.1 Å². The van der Waals surface area contributed by atoms with Crippen LogP contribution < -0.4 is 11.1 Å². The predicted octanol–water partition coefficient (Wildman–Crippen LogP) is 2.48. The van der Waals surface area contributed by atoms with Crippen LogP contribution in [0.2, 0.25) is 5.02 Å². The summed E-state index contributed by atoms with van der Waals surface area (Å²) in [7, 11) is -3.62. The number of benzene rings is 2. The highest BCUT2D eigenvalue weighted by Crippen LogP contribution is 2.26. The molecule has 0 unspecified atom stereocenters. The molecule has 0 saturated carbocycles. The Balaban J connectivity index is 1.64. The van der Waals surface area contributed by atoms with Crippen molar-refractivity contribution in [3.63, 3.8) is 0 Å². The fourth-order valence-electron chi connectivity index (χ4n) is 3.16. The Bertz CT molecular complexity index is 984. The SMILES string of the molecule is NC(=O)c1ccccc1NC(=O)C1CCN(S(=O)(=O)c2ccc(Cl)cc2)CC1. The van der Waals surface area contributed by atoms with Crippen LogP contribution in [0.15, 0.2) is 53.4 Å². The Morgan fingerprint density at radius 1 is 1.04 bits per heavy atom. The minimum atomic E-state index is -3.62. The highest BCUT2D eigenvalue weighted by atomic mass is 35.5. The summed E-state index contributed by atoms with van der Waals surface area (Å²) in [4.78, 5) is 24.2. The third-order valence-corrected chi connectivity index (χ3v) is 6.89. The molecule has 7 nitrogen and oxygen atoms in total. The number of nitrogens with two attached hydrogens (primary N) is 1. The molecule has 0 atom stereocenters. The monoisotopic (exact) mass is 421 g/mol. The number of hydrogen-bond acceptors (Lipinski definition) is 4. The summed E-state index contributed by atoms with van der Waals surface area (Å²) in [5.74, 6) is -1.23. The quantitative estimate of drug-likeness (QED) is 0.772. The average molecular weight is 422 g/mol. The molecule has 2 aromatic rings. The molecular formula is C19H20ClN3O4S. The van der Waals surface area contributed by atoms with Gasteiger partial charge in [-0.3, -0.25) is 9.59 Å². The summed E-state index contributed by atoms with van der Waals surface area (Å²) in [5, 5.41) is 3.19. The van der Waals surface area contributed by atoms with Crippen molar-refractivity contribution in [3.05, 3.63) is 59.1 Å². The first-order chi connectivity index (χ1) is 13.3. The second kappa shape index (κ2) is 8.30. The van der Waals surface area contributed by atoms with Gasteiger partial charge in [0.05, 0.1) is 16.1 Å². The van der Waals surface area contributed by atoms with Crippen LogP contribution in [0.3, 0.4) is 0 Å². The van der Waals surface area contributed by atoms with Gasteiger partial charge < -0.3 is 11.1 Å². The smallest absolute Gasteiger partial charge is 0.250 e. The lowest BCUT2D eigenvalue weighted by Gasteiger charge is -2.30. The van der Waals surface area contributed by atoms with Crippen LogP contribution in [0, 0.1) is 5.92 Å². The summed E-state index contributed by atoms with van der Waals surface area (Å²) < 4.78 is 26.8. The topological polar surface area (TPSA) is 110 Å². The summed E-state index contributed by atoms with van der Waals surface area (Å²) in [6.45, 7) is 0.473. The molecule has 1 aliphatic rings. The summed E-state index contributed by atoms with van der Waals surface area (Å²) in [6.07, 6.45) is 0.773. The molecule has 2 aromatic carbocycles. The first-order valence-electron chi connectivity index (χ1n) is 8.74. The lowest BCUT2D eigenvalue weighted by Crippen LogP contribution is -2.41. The largest absolute Gasteiger partial charge is 0.366 e. The van der Waals surface area contributed by atoms with E-state index in [2.05, 4.69) is 5.32 Å². The van der Waals surface area contributed by atoms with Crippen molar-refractivity contribution in [1.82, 2.24) is 4.31 Å². The van der Waals surface area contributed by atoms with Gasteiger partial charge in [0.1, 0.15) is 0 Å². The summed E-state index contributed by atoms with van der Waals surface area (Å²) >= 11 is 5.82. The van der Waals surface area contributed by atoms with E-state index < -0.39 is 15.9 Å². The van der Waals surface area contributed by atoms with E-state index >= 15 is 0 Å². The summed E-state index contributed by atoms with van der Waals surface area (Å²) in [6, 6.07) is 12.5. The molecule has 0 aromatic heterocycles. The number of amides is 2. The Morgan fingerprint density at radius 2 is 1.64 bits per heavy atom. The second-order valence-electron chi connectivity index (χ2n) is 6.53. The Labute approximate surface area is 168 Å². The standard InChI is InChI=1S/C19H20ClN3O4S/c20-14-5-7-15(8-6-14)28(26,27)23-11-9-13(10-12-23)19(25)22-17-4-2-1-3-16(17)18(21)24/h1-8,13H,9-12H2,(H2,21,24)(H,22,25). The molecule has 148 valence electrons. The molecule has 1 heterocycles. The molecule has 0 spiro atoms. The molecule has 0 radical (unpaired) electrons. The molecule has 3 N–H and O–H groups in total. The van der Waals surface area contributed by atoms with E-state index in [9.17, 15) is 18.0 Å². The molecule has 0 aliphatic carbocycles. The number of carbonyl (C=O) groups excluding carboxylic acids is 2. The third-order valence-electron chi connectivity index (χ3n) is 4.73. The van der Waals surface area contributed by atoms with Gasteiger partial charge in [0, 0.05) is 24.0 Å². The number of anilines is 1. The van der Waals surface area contributed by atoms with Crippen molar-refractivity contribution in [2.45, 2.75) is 17.7 Å². The van der Waals surface area contributed by atoms with Gasteiger partial charge in [-0.1, -0.05) is 23.7 Å². The number of rotatable bonds is 5. The molecule has 9 heteroatoms. The van der Waals surface area contributed by atoms with Crippen LogP contribution in [-0.2, 0) is 14.8 Å². The van der Waals surface area contributed by atoms with E-state index in [1.54, 1.807) is 24.3 Å². The van der Waals surface area contributed by atoms with Gasteiger partial charge in [-0.05, 0) is 49.2 Å². The van der Waals surface area contributed by atoms with Crippen molar-refractivity contribution in [1.29, 1.82) is 0 Å². The highest BCUT2D eigenvalue weighted by molar-refractivity contribution is 7.89. The van der Waals surface area contributed by atoms with Crippen molar-refractivity contribution in [2.24, 2.45) is 11.7 Å². The predicted molar refractivity (Wildman–Crippen MR) is 107 cm³/mol. The molecule has 2 amide bonds. The number of halogens is 1. The lowest BCUT2D eigenvalue weighted by atomic mass is 9.97. The van der Waals surface area contributed by atoms with Crippen LogP contribution >= 0.6 is 11.6 Å². The number of para-hydroxylation sites is 1.